The van der Waals surface area contributed by atoms with Crippen molar-refractivity contribution >= 4 is 44.1 Å². The van der Waals surface area contributed by atoms with Crippen LogP contribution in [0.4, 0.5) is 5.69 Å². The van der Waals surface area contributed by atoms with Crippen LogP contribution in [0, 0.1) is 17.8 Å². The van der Waals surface area contributed by atoms with E-state index >= 15 is 0 Å². The van der Waals surface area contributed by atoms with E-state index in [-0.39, 0.29) is 24.0 Å². The molecule has 0 spiro atoms. The number of aromatic nitrogens is 1. The van der Waals surface area contributed by atoms with Gasteiger partial charge < -0.3 is 14.8 Å². The Labute approximate surface area is 375 Å². The second kappa shape index (κ2) is 15.3. The molecule has 0 radical (unpaired) electrons. The Morgan fingerprint density at radius 3 is 2.42 bits per heavy atom. The van der Waals surface area contributed by atoms with Crippen LogP contribution in [-0.2, 0) is 6.42 Å². The summed E-state index contributed by atoms with van der Waals surface area (Å²) in [6.45, 7) is 0. The van der Waals surface area contributed by atoms with Crippen molar-refractivity contribution in [2.24, 2.45) is 22.7 Å². The van der Waals surface area contributed by atoms with Gasteiger partial charge in [-0.15, -0.1) is 0 Å². The summed E-state index contributed by atoms with van der Waals surface area (Å²) < 4.78 is 2.48. The van der Waals surface area contributed by atoms with E-state index < -0.39 is 0 Å². The van der Waals surface area contributed by atoms with Crippen molar-refractivity contribution in [1.82, 2.24) is 9.47 Å². The number of amidine groups is 1. The lowest BCUT2D eigenvalue weighted by atomic mass is 9.75. The van der Waals surface area contributed by atoms with Crippen molar-refractivity contribution in [3.05, 3.63) is 228 Å². The first-order chi connectivity index (χ1) is 31.7. The molecule has 1 aromatic heterocycles. The Kier molecular flexibility index (Phi) is 8.92. The molecule has 1 N–H and O–H groups in total. The molecule has 4 heteroatoms. The fourth-order valence-electron chi connectivity index (χ4n) is 11.6. The number of nitrogens with one attached hydrogen (secondary N) is 1. The Hall–Kier alpha value is -7.17. The smallest absolute Gasteiger partial charge is 0.154 e. The summed E-state index contributed by atoms with van der Waals surface area (Å²) in [6, 6.07) is 47.8. The van der Waals surface area contributed by atoms with E-state index in [0.29, 0.717) is 11.8 Å². The van der Waals surface area contributed by atoms with Gasteiger partial charge in [-0.1, -0.05) is 152 Å². The molecular weight excluding hydrogens is 777 g/mol. The van der Waals surface area contributed by atoms with E-state index in [2.05, 4.69) is 215 Å². The molecule has 310 valence electrons. The minimum atomic E-state index is -0.0959. The molecule has 5 aliphatic carbocycles. The van der Waals surface area contributed by atoms with Gasteiger partial charge in [0.05, 0.1) is 17.1 Å². The third-order valence-electron chi connectivity index (χ3n) is 14.8. The van der Waals surface area contributed by atoms with Gasteiger partial charge in [-0.2, -0.15) is 0 Å². The van der Waals surface area contributed by atoms with Crippen LogP contribution < -0.4 is 5.32 Å². The first-order valence-corrected chi connectivity index (χ1v) is 23.4. The van der Waals surface area contributed by atoms with E-state index in [9.17, 15) is 0 Å². The van der Waals surface area contributed by atoms with Crippen molar-refractivity contribution in [2.45, 2.75) is 50.2 Å². The van der Waals surface area contributed by atoms with Gasteiger partial charge in [0.25, 0.3) is 0 Å². The van der Waals surface area contributed by atoms with Gasteiger partial charge in [0, 0.05) is 45.6 Å². The van der Waals surface area contributed by atoms with Gasteiger partial charge in [-0.05, 0) is 131 Å². The van der Waals surface area contributed by atoms with E-state index in [1.165, 1.54) is 90.3 Å². The highest BCUT2D eigenvalue weighted by atomic mass is 15.4. The zero-order valence-electron chi connectivity index (χ0n) is 35.9. The van der Waals surface area contributed by atoms with Crippen molar-refractivity contribution in [3.8, 4) is 16.8 Å². The third kappa shape index (κ3) is 6.22. The molecule has 4 nitrogen and oxygen atoms in total. The Balaban J connectivity index is 0.891. The second-order valence-electron chi connectivity index (χ2n) is 18.5. The minimum absolute atomic E-state index is 0.0959. The molecule has 6 aliphatic rings. The second-order valence-corrected chi connectivity index (χ2v) is 18.5. The Bertz CT molecular complexity index is 3290. The molecule has 0 saturated heterocycles. The standard InChI is InChI=1S/C60H50N4/c1-2-21-47(22-3-1)64-59(62-60(64)55-36-43-19-8-9-24-49(43)51-26-10-11-27-52(51)55)45-20-14-23-48(34-45)63-57-32-31-46(38-54(57)53-35-41-17-6-7-18-42(41)37-58(53)63)61-56-28-13-12-25-50(56)44-30-29-39-15-4-5-16-40(39)33-44/h1-2,5-14,16-21,23-35,37-40,50,55-56,59,61H,3-4,15,22,36H2. The number of hydrogen-bond donors (Lipinski definition) is 1. The van der Waals surface area contributed by atoms with E-state index in [1.54, 1.807) is 0 Å². The number of benzene rings is 6. The maximum absolute atomic E-state index is 5.60. The molecule has 2 heterocycles. The van der Waals surface area contributed by atoms with Crippen LogP contribution in [0.25, 0.3) is 49.4 Å². The average Bonchev–Trinajstić information content (AvgIpc) is 3.65. The predicted octanol–water partition coefficient (Wildman–Crippen LogP) is 14.5. The fraction of sp³-hybridized carbons (Fsp3) is 0.183. The van der Waals surface area contributed by atoms with E-state index in [1.807, 2.05) is 0 Å². The van der Waals surface area contributed by atoms with Gasteiger partial charge in [-0.3, -0.25) is 0 Å². The van der Waals surface area contributed by atoms with Gasteiger partial charge in [0.2, 0.25) is 0 Å². The highest BCUT2D eigenvalue weighted by molar-refractivity contribution is 6.14. The molecule has 6 unspecified atom stereocenters. The highest BCUT2D eigenvalue weighted by Gasteiger charge is 2.41. The summed E-state index contributed by atoms with van der Waals surface area (Å²) in [5.74, 6) is 2.76. The van der Waals surface area contributed by atoms with Crippen LogP contribution in [0.5, 0.6) is 0 Å². The Morgan fingerprint density at radius 1 is 0.656 bits per heavy atom. The predicted molar refractivity (Wildman–Crippen MR) is 267 cm³/mol. The van der Waals surface area contributed by atoms with Crippen LogP contribution in [0.3, 0.4) is 0 Å². The number of anilines is 1. The molecule has 13 rings (SSSR count). The topological polar surface area (TPSA) is 32.6 Å². The molecule has 0 saturated carbocycles. The van der Waals surface area contributed by atoms with Crippen LogP contribution in [0.2, 0.25) is 0 Å². The summed E-state index contributed by atoms with van der Waals surface area (Å²) in [5.41, 5.74) is 14.1. The summed E-state index contributed by atoms with van der Waals surface area (Å²) in [4.78, 5) is 8.17. The maximum atomic E-state index is 5.60. The quantitative estimate of drug-likeness (QED) is 0.162. The van der Waals surface area contributed by atoms with Crippen LogP contribution in [-0.4, -0.2) is 21.3 Å². The number of allylic oxidation sites excluding steroid dienone is 11. The highest BCUT2D eigenvalue weighted by Crippen LogP contribution is 2.48. The average molecular weight is 827 g/mol. The van der Waals surface area contributed by atoms with E-state index in [0.717, 1.165) is 30.6 Å². The first-order valence-electron chi connectivity index (χ1n) is 23.4. The maximum Gasteiger partial charge on any atom is 0.154 e. The lowest BCUT2D eigenvalue weighted by Gasteiger charge is -2.46. The third-order valence-corrected chi connectivity index (χ3v) is 14.8. The zero-order valence-corrected chi connectivity index (χ0v) is 35.9. The van der Waals surface area contributed by atoms with Crippen LogP contribution in [0.1, 0.15) is 54.5 Å². The minimum Gasteiger partial charge on any atom is -0.378 e. The van der Waals surface area contributed by atoms with Crippen molar-refractivity contribution in [2.75, 3.05) is 5.32 Å². The molecule has 0 bridgehead atoms. The zero-order chi connectivity index (χ0) is 42.1. The molecule has 0 amide bonds. The molecule has 0 fully saturated rings. The van der Waals surface area contributed by atoms with Crippen LogP contribution in [0.15, 0.2) is 217 Å². The summed E-state index contributed by atoms with van der Waals surface area (Å²) in [7, 11) is 0. The normalized spacial score (nSPS) is 24.2. The fourth-order valence-corrected chi connectivity index (χ4v) is 11.6. The summed E-state index contributed by atoms with van der Waals surface area (Å²) in [5, 5.41) is 8.99. The van der Waals surface area contributed by atoms with E-state index in [4.69, 9.17) is 4.99 Å². The summed E-state index contributed by atoms with van der Waals surface area (Å²) >= 11 is 0. The number of hydrogen-bond acceptors (Lipinski definition) is 3. The van der Waals surface area contributed by atoms with Crippen LogP contribution >= 0.6 is 0 Å². The Morgan fingerprint density at radius 2 is 1.50 bits per heavy atom. The van der Waals surface area contributed by atoms with Crippen molar-refractivity contribution in [3.63, 3.8) is 0 Å². The first kappa shape index (κ1) is 37.4. The van der Waals surface area contributed by atoms with Crippen molar-refractivity contribution < 1.29 is 0 Å². The summed E-state index contributed by atoms with van der Waals surface area (Å²) in [6.07, 6.45) is 33.4. The van der Waals surface area contributed by atoms with Gasteiger partial charge in [-0.25, -0.2) is 4.99 Å². The number of nitrogens with zero attached hydrogens (tertiary/aromatic N) is 3. The molecule has 64 heavy (non-hydrogen) atoms. The molecular formula is C60H50N4. The SMILES string of the molecule is C1=CCCC(N2C(C3Cc4ccccc4-c4ccccc43)=NC2c2cccc(-n3c4ccc(NC5C=CC=CC5C5=CC6C=CCCC6C=C5)cc4c4cc5ccccc5cc43)c2)=C1. The largest absolute Gasteiger partial charge is 0.378 e. The number of aliphatic imine (C=N–C) groups is 1. The lowest BCUT2D eigenvalue weighted by Crippen LogP contribution is -2.46. The van der Waals surface area contributed by atoms with Gasteiger partial charge in [0.15, 0.2) is 6.17 Å². The lowest BCUT2D eigenvalue weighted by molar-refractivity contribution is 0.311. The molecule has 7 aromatic rings. The monoisotopic (exact) mass is 826 g/mol. The number of fused-ring (bicyclic) bond motifs is 8. The molecule has 1 aliphatic heterocycles. The number of rotatable bonds is 7. The van der Waals surface area contributed by atoms with Crippen molar-refractivity contribution in [1.29, 1.82) is 0 Å². The molecule has 6 atom stereocenters. The molecule has 6 aromatic carbocycles. The van der Waals surface area contributed by atoms with Gasteiger partial charge >= 0.3 is 0 Å². The van der Waals surface area contributed by atoms with Gasteiger partial charge in [0.1, 0.15) is 5.84 Å².